The van der Waals surface area contributed by atoms with E-state index in [0.29, 0.717) is 17.7 Å². The van der Waals surface area contributed by atoms with Gasteiger partial charge < -0.3 is 20.1 Å². The van der Waals surface area contributed by atoms with Crippen LogP contribution in [0.2, 0.25) is 0 Å². The Morgan fingerprint density at radius 2 is 1.74 bits per heavy atom. The lowest BCUT2D eigenvalue weighted by Crippen LogP contribution is -2.39. The van der Waals surface area contributed by atoms with Gasteiger partial charge in [0.05, 0.1) is 12.7 Å². The number of rotatable bonds is 7. The summed E-state index contributed by atoms with van der Waals surface area (Å²) < 4.78 is 23.7. The summed E-state index contributed by atoms with van der Waals surface area (Å²) in [6.45, 7) is 4.05. The van der Waals surface area contributed by atoms with Gasteiger partial charge in [0.25, 0.3) is 0 Å². The highest BCUT2D eigenvalue weighted by molar-refractivity contribution is 5.89. The third kappa shape index (κ3) is 6.29. The van der Waals surface area contributed by atoms with Gasteiger partial charge in [0.15, 0.2) is 11.6 Å². The van der Waals surface area contributed by atoms with Crippen molar-refractivity contribution in [2.75, 3.05) is 7.11 Å². The van der Waals surface area contributed by atoms with Gasteiger partial charge in [-0.1, -0.05) is 18.2 Å². The van der Waals surface area contributed by atoms with E-state index >= 15 is 0 Å². The Bertz CT molecular complexity index is 791. The van der Waals surface area contributed by atoms with E-state index < -0.39 is 11.8 Å². The van der Waals surface area contributed by atoms with E-state index in [1.807, 2.05) is 13.8 Å². The molecule has 2 aromatic carbocycles. The molecule has 0 spiro atoms. The van der Waals surface area contributed by atoms with Crippen LogP contribution in [-0.2, 0) is 17.9 Å². The molecule has 2 rings (SSSR count). The van der Waals surface area contributed by atoms with Crippen molar-refractivity contribution in [1.29, 1.82) is 0 Å². The predicted octanol–water partition coefficient (Wildman–Crippen LogP) is 3.40. The van der Waals surface area contributed by atoms with E-state index in [4.69, 9.17) is 9.47 Å². The van der Waals surface area contributed by atoms with Gasteiger partial charge in [0.2, 0.25) is 0 Å². The van der Waals surface area contributed by atoms with E-state index in [1.165, 1.54) is 19.2 Å². The molecular formula is C20H23FN2O4. The molecule has 0 saturated carbocycles. The number of amides is 2. The first kappa shape index (κ1) is 20.2. The molecule has 0 unspecified atom stereocenters. The number of esters is 1. The maximum absolute atomic E-state index is 13.6. The van der Waals surface area contributed by atoms with Crippen molar-refractivity contribution < 1.29 is 23.5 Å². The van der Waals surface area contributed by atoms with Crippen molar-refractivity contribution in [1.82, 2.24) is 10.6 Å². The number of hydrogen-bond donors (Lipinski definition) is 2. The zero-order chi connectivity index (χ0) is 19.8. The lowest BCUT2D eigenvalue weighted by atomic mass is 10.1. The normalized spacial score (nSPS) is 10.4. The largest absolute Gasteiger partial charge is 0.494 e. The molecule has 144 valence electrons. The van der Waals surface area contributed by atoms with E-state index in [-0.39, 0.29) is 24.4 Å². The number of carbonyl (C=O) groups is 2. The minimum Gasteiger partial charge on any atom is -0.494 e. The Kier molecular flexibility index (Phi) is 7.16. The molecule has 2 amide bonds. The Labute approximate surface area is 157 Å². The van der Waals surface area contributed by atoms with Gasteiger partial charge in [0.1, 0.15) is 6.61 Å². The highest BCUT2D eigenvalue weighted by Gasteiger charge is 2.10. The van der Waals surface area contributed by atoms with Gasteiger partial charge in [-0.15, -0.1) is 0 Å². The first-order valence-electron chi connectivity index (χ1n) is 8.52. The second kappa shape index (κ2) is 9.56. The average Bonchev–Trinajstić information content (AvgIpc) is 2.64. The van der Waals surface area contributed by atoms with Crippen molar-refractivity contribution in [3.63, 3.8) is 0 Å². The Hall–Kier alpha value is -3.09. The predicted molar refractivity (Wildman–Crippen MR) is 99.0 cm³/mol. The standard InChI is InChI=1S/C20H23FN2O4/c1-13(2)23-20(25)22-11-14-4-7-16(8-5-14)19(24)27-12-15-6-9-18(26-3)17(21)10-15/h4-10,13H,11-12H2,1-3H3,(H2,22,23,25). The van der Waals surface area contributed by atoms with Gasteiger partial charge in [0, 0.05) is 12.6 Å². The molecule has 0 aliphatic heterocycles. The fourth-order valence-electron chi connectivity index (χ4n) is 2.29. The minimum atomic E-state index is -0.511. The molecule has 0 aromatic heterocycles. The van der Waals surface area contributed by atoms with Crippen molar-refractivity contribution in [3.8, 4) is 5.75 Å². The third-order valence-electron chi connectivity index (χ3n) is 3.65. The van der Waals surface area contributed by atoms with Crippen LogP contribution in [0.4, 0.5) is 9.18 Å². The smallest absolute Gasteiger partial charge is 0.338 e. The zero-order valence-electron chi connectivity index (χ0n) is 15.5. The molecule has 6 nitrogen and oxygen atoms in total. The average molecular weight is 374 g/mol. The number of ether oxygens (including phenoxy) is 2. The number of urea groups is 1. The SMILES string of the molecule is COc1ccc(COC(=O)c2ccc(CNC(=O)NC(C)C)cc2)cc1F. The van der Waals surface area contributed by atoms with E-state index in [2.05, 4.69) is 10.6 Å². The summed E-state index contributed by atoms with van der Waals surface area (Å²) in [7, 11) is 1.38. The molecule has 0 bridgehead atoms. The highest BCUT2D eigenvalue weighted by atomic mass is 19.1. The van der Waals surface area contributed by atoms with Gasteiger partial charge >= 0.3 is 12.0 Å². The van der Waals surface area contributed by atoms with Crippen molar-refractivity contribution in [3.05, 3.63) is 65.0 Å². The van der Waals surface area contributed by atoms with Crippen LogP contribution in [0.1, 0.15) is 35.3 Å². The molecule has 0 atom stereocenters. The fourth-order valence-corrected chi connectivity index (χ4v) is 2.29. The maximum atomic E-state index is 13.6. The van der Waals surface area contributed by atoms with Crippen molar-refractivity contribution in [2.24, 2.45) is 0 Å². The summed E-state index contributed by atoms with van der Waals surface area (Å²) in [5.41, 5.74) is 1.75. The monoisotopic (exact) mass is 374 g/mol. The summed E-state index contributed by atoms with van der Waals surface area (Å²) in [5, 5.41) is 5.46. The van der Waals surface area contributed by atoms with Crippen molar-refractivity contribution >= 4 is 12.0 Å². The summed E-state index contributed by atoms with van der Waals surface area (Å²) in [6, 6.07) is 10.9. The quantitative estimate of drug-likeness (QED) is 0.729. The molecule has 0 radical (unpaired) electrons. The Morgan fingerprint density at radius 1 is 1.07 bits per heavy atom. The third-order valence-corrected chi connectivity index (χ3v) is 3.65. The number of benzene rings is 2. The summed E-state index contributed by atoms with van der Waals surface area (Å²) in [6.07, 6.45) is 0. The number of carbonyl (C=O) groups excluding carboxylic acids is 2. The van der Waals surface area contributed by atoms with Crippen LogP contribution < -0.4 is 15.4 Å². The molecule has 2 aromatic rings. The van der Waals surface area contributed by atoms with Crippen LogP contribution in [0.25, 0.3) is 0 Å². The summed E-state index contributed by atoms with van der Waals surface area (Å²) >= 11 is 0. The molecule has 0 heterocycles. The van der Waals surface area contributed by atoms with E-state index in [1.54, 1.807) is 30.3 Å². The van der Waals surface area contributed by atoms with Crippen LogP contribution in [0.5, 0.6) is 5.75 Å². The van der Waals surface area contributed by atoms with E-state index in [0.717, 1.165) is 5.56 Å². The lowest BCUT2D eigenvalue weighted by Gasteiger charge is -2.10. The molecule has 0 aliphatic rings. The van der Waals surface area contributed by atoms with Gasteiger partial charge in [-0.3, -0.25) is 0 Å². The summed E-state index contributed by atoms with van der Waals surface area (Å²) in [4.78, 5) is 23.7. The molecule has 27 heavy (non-hydrogen) atoms. The molecule has 0 fully saturated rings. The Balaban J connectivity index is 1.86. The minimum absolute atomic E-state index is 0.0432. The number of methoxy groups -OCH3 is 1. The Morgan fingerprint density at radius 3 is 2.33 bits per heavy atom. The van der Waals surface area contributed by atoms with Crippen LogP contribution >= 0.6 is 0 Å². The molecule has 0 aliphatic carbocycles. The van der Waals surface area contributed by atoms with Crippen LogP contribution in [0, 0.1) is 5.82 Å². The number of hydrogen-bond acceptors (Lipinski definition) is 4. The lowest BCUT2D eigenvalue weighted by molar-refractivity contribution is 0.0472. The number of halogens is 1. The van der Waals surface area contributed by atoms with Crippen LogP contribution in [-0.4, -0.2) is 25.2 Å². The van der Waals surface area contributed by atoms with Crippen LogP contribution in [0.15, 0.2) is 42.5 Å². The van der Waals surface area contributed by atoms with Gasteiger partial charge in [-0.05, 0) is 49.2 Å². The zero-order valence-corrected chi connectivity index (χ0v) is 15.5. The van der Waals surface area contributed by atoms with Gasteiger partial charge in [-0.2, -0.15) is 0 Å². The molecule has 2 N–H and O–H groups in total. The second-order valence-corrected chi connectivity index (χ2v) is 6.22. The molecule has 0 saturated heterocycles. The fraction of sp³-hybridized carbons (Fsp3) is 0.300. The maximum Gasteiger partial charge on any atom is 0.338 e. The number of nitrogens with one attached hydrogen (secondary N) is 2. The van der Waals surface area contributed by atoms with Crippen molar-refractivity contribution in [2.45, 2.75) is 33.0 Å². The topological polar surface area (TPSA) is 76.7 Å². The first-order valence-corrected chi connectivity index (χ1v) is 8.52. The summed E-state index contributed by atoms with van der Waals surface area (Å²) in [5.74, 6) is -0.885. The molecular weight excluding hydrogens is 351 g/mol. The highest BCUT2D eigenvalue weighted by Crippen LogP contribution is 2.18. The first-order chi connectivity index (χ1) is 12.9. The van der Waals surface area contributed by atoms with Gasteiger partial charge in [-0.25, -0.2) is 14.0 Å². The van der Waals surface area contributed by atoms with E-state index in [9.17, 15) is 14.0 Å². The molecule has 7 heteroatoms. The second-order valence-electron chi connectivity index (χ2n) is 6.22. The van der Waals surface area contributed by atoms with Crippen LogP contribution in [0.3, 0.4) is 0 Å².